The van der Waals surface area contributed by atoms with E-state index in [4.69, 9.17) is 5.73 Å². The van der Waals surface area contributed by atoms with E-state index in [1.165, 1.54) is 30.0 Å². The molecular weight excluding hydrogens is 291 g/mol. The summed E-state index contributed by atoms with van der Waals surface area (Å²) in [5.74, 6) is -0.293. The van der Waals surface area contributed by atoms with E-state index in [9.17, 15) is 14.5 Å². The second kappa shape index (κ2) is 6.69. The van der Waals surface area contributed by atoms with Crippen molar-refractivity contribution >= 4 is 17.4 Å². The third-order valence-electron chi connectivity index (χ3n) is 2.84. The molecule has 2 aromatic carbocycles. The lowest BCUT2D eigenvalue weighted by atomic mass is 10.1. The summed E-state index contributed by atoms with van der Waals surface area (Å²) in [5, 5.41) is 10.9. The van der Waals surface area contributed by atoms with Crippen LogP contribution >= 0.6 is 11.8 Å². The zero-order valence-corrected chi connectivity index (χ0v) is 12.3. The lowest BCUT2D eigenvalue weighted by Crippen LogP contribution is -2.18. The summed E-state index contributed by atoms with van der Waals surface area (Å²) in [6.45, 7) is 1.85. The van der Waals surface area contributed by atoms with Crippen molar-refractivity contribution in [3.05, 3.63) is 64.0 Å². The predicted molar refractivity (Wildman–Crippen MR) is 81.0 cm³/mol. The first-order chi connectivity index (χ1) is 9.95. The summed E-state index contributed by atoms with van der Waals surface area (Å²) in [4.78, 5) is 12.2. The average molecular weight is 306 g/mol. The van der Waals surface area contributed by atoms with Crippen LogP contribution in [0.4, 0.5) is 10.1 Å². The van der Waals surface area contributed by atoms with Crippen molar-refractivity contribution in [3.63, 3.8) is 0 Å². The van der Waals surface area contributed by atoms with Crippen molar-refractivity contribution in [2.45, 2.75) is 29.2 Å². The monoisotopic (exact) mass is 306 g/mol. The van der Waals surface area contributed by atoms with Crippen LogP contribution in [-0.4, -0.2) is 11.0 Å². The van der Waals surface area contributed by atoms with Gasteiger partial charge in [0.25, 0.3) is 5.69 Å². The minimum absolute atomic E-state index is 0.0501. The standard InChI is InChI=1S/C15H15FN2O2S/c1-10(17)8-11-9-13(18(19)20)4-7-15(11)21-14-5-2-12(16)3-6-14/h2-7,9-10H,8,17H2,1H3. The third-order valence-corrected chi connectivity index (χ3v) is 3.96. The van der Waals surface area contributed by atoms with Crippen LogP contribution in [0.25, 0.3) is 0 Å². The normalized spacial score (nSPS) is 12.1. The molecule has 0 aliphatic carbocycles. The molecule has 0 fully saturated rings. The molecule has 21 heavy (non-hydrogen) atoms. The molecule has 0 saturated heterocycles. The highest BCUT2D eigenvalue weighted by Crippen LogP contribution is 2.33. The fourth-order valence-electron chi connectivity index (χ4n) is 1.91. The summed E-state index contributed by atoms with van der Waals surface area (Å²) in [6, 6.07) is 10.8. The number of nitro groups is 1. The molecule has 4 nitrogen and oxygen atoms in total. The maximum Gasteiger partial charge on any atom is 0.269 e. The molecule has 0 heterocycles. The Kier molecular flexibility index (Phi) is 4.93. The highest BCUT2D eigenvalue weighted by molar-refractivity contribution is 7.99. The fourth-order valence-corrected chi connectivity index (χ4v) is 2.85. The topological polar surface area (TPSA) is 69.2 Å². The Bertz CT molecular complexity index is 645. The summed E-state index contributed by atoms with van der Waals surface area (Å²) in [5.41, 5.74) is 6.68. The van der Waals surface area contributed by atoms with Gasteiger partial charge in [0.1, 0.15) is 5.82 Å². The Morgan fingerprint density at radius 3 is 2.52 bits per heavy atom. The van der Waals surface area contributed by atoms with Crippen LogP contribution in [0, 0.1) is 15.9 Å². The van der Waals surface area contributed by atoms with Gasteiger partial charge in [-0.2, -0.15) is 0 Å². The van der Waals surface area contributed by atoms with E-state index in [1.807, 2.05) is 6.92 Å². The Labute approximate surface area is 126 Å². The van der Waals surface area contributed by atoms with Gasteiger partial charge in [-0.1, -0.05) is 11.8 Å². The van der Waals surface area contributed by atoms with Gasteiger partial charge < -0.3 is 5.73 Å². The zero-order chi connectivity index (χ0) is 15.4. The van der Waals surface area contributed by atoms with Crippen LogP contribution < -0.4 is 5.73 Å². The second-order valence-electron chi connectivity index (χ2n) is 4.79. The van der Waals surface area contributed by atoms with E-state index in [0.717, 1.165) is 15.4 Å². The lowest BCUT2D eigenvalue weighted by Gasteiger charge is -2.11. The number of rotatable bonds is 5. The molecule has 0 bridgehead atoms. The Morgan fingerprint density at radius 1 is 1.29 bits per heavy atom. The van der Waals surface area contributed by atoms with Crippen molar-refractivity contribution < 1.29 is 9.31 Å². The molecule has 0 radical (unpaired) electrons. The van der Waals surface area contributed by atoms with Crippen LogP contribution in [-0.2, 0) is 6.42 Å². The molecule has 0 saturated carbocycles. The van der Waals surface area contributed by atoms with Crippen molar-refractivity contribution in [1.82, 2.24) is 0 Å². The van der Waals surface area contributed by atoms with Crippen LogP contribution in [0.1, 0.15) is 12.5 Å². The second-order valence-corrected chi connectivity index (χ2v) is 5.90. The van der Waals surface area contributed by atoms with Crippen molar-refractivity contribution in [1.29, 1.82) is 0 Å². The highest BCUT2D eigenvalue weighted by Gasteiger charge is 2.13. The van der Waals surface area contributed by atoms with Gasteiger partial charge in [0.05, 0.1) is 4.92 Å². The quantitative estimate of drug-likeness (QED) is 0.674. The summed E-state index contributed by atoms with van der Waals surface area (Å²) in [7, 11) is 0. The average Bonchev–Trinajstić information content (AvgIpc) is 2.42. The van der Waals surface area contributed by atoms with Gasteiger partial charge in [0, 0.05) is 28.0 Å². The van der Waals surface area contributed by atoms with Gasteiger partial charge in [-0.25, -0.2) is 4.39 Å². The SMILES string of the molecule is CC(N)Cc1cc([N+](=O)[O-])ccc1Sc1ccc(F)cc1. The summed E-state index contributed by atoms with van der Waals surface area (Å²) >= 11 is 1.44. The van der Waals surface area contributed by atoms with E-state index in [0.29, 0.717) is 6.42 Å². The largest absolute Gasteiger partial charge is 0.328 e. The van der Waals surface area contributed by atoms with E-state index >= 15 is 0 Å². The Hall–Kier alpha value is -1.92. The van der Waals surface area contributed by atoms with Crippen molar-refractivity contribution in [2.24, 2.45) is 5.73 Å². The van der Waals surface area contributed by atoms with Gasteiger partial charge in [0.2, 0.25) is 0 Å². The molecule has 0 spiro atoms. The third kappa shape index (κ3) is 4.27. The molecule has 0 aliphatic rings. The van der Waals surface area contributed by atoms with Gasteiger partial charge >= 0.3 is 0 Å². The number of halogens is 1. The Balaban J connectivity index is 2.32. The molecule has 2 aromatic rings. The summed E-state index contributed by atoms with van der Waals surface area (Å²) < 4.78 is 12.9. The first kappa shape index (κ1) is 15.5. The Morgan fingerprint density at radius 2 is 1.95 bits per heavy atom. The maximum atomic E-state index is 12.9. The van der Waals surface area contributed by atoms with Crippen molar-refractivity contribution in [3.8, 4) is 0 Å². The van der Waals surface area contributed by atoms with Crippen molar-refractivity contribution in [2.75, 3.05) is 0 Å². The number of nitrogens with two attached hydrogens (primary N) is 1. The number of hydrogen-bond donors (Lipinski definition) is 1. The molecule has 0 aliphatic heterocycles. The molecule has 0 amide bonds. The number of nitrogens with zero attached hydrogens (tertiary/aromatic N) is 1. The summed E-state index contributed by atoms with van der Waals surface area (Å²) in [6.07, 6.45) is 0.547. The molecule has 110 valence electrons. The van der Waals surface area contributed by atoms with Gasteiger partial charge in [-0.15, -0.1) is 0 Å². The molecule has 2 N–H and O–H groups in total. The molecular formula is C15H15FN2O2S. The minimum atomic E-state index is -0.420. The zero-order valence-electron chi connectivity index (χ0n) is 11.5. The smallest absolute Gasteiger partial charge is 0.269 e. The van der Waals surface area contributed by atoms with E-state index in [1.54, 1.807) is 24.3 Å². The highest BCUT2D eigenvalue weighted by atomic mass is 32.2. The first-order valence-corrected chi connectivity index (χ1v) is 7.23. The van der Waals surface area contributed by atoms with Crippen LogP contribution in [0.5, 0.6) is 0 Å². The van der Waals surface area contributed by atoms with Crippen LogP contribution in [0.3, 0.4) is 0 Å². The molecule has 1 atom stereocenters. The molecule has 6 heteroatoms. The predicted octanol–water partition coefficient (Wildman–Crippen LogP) is 3.77. The number of hydrogen-bond acceptors (Lipinski definition) is 4. The molecule has 1 unspecified atom stereocenters. The van der Waals surface area contributed by atoms with Crippen LogP contribution in [0.2, 0.25) is 0 Å². The minimum Gasteiger partial charge on any atom is -0.328 e. The number of non-ortho nitro benzene ring substituents is 1. The van der Waals surface area contributed by atoms with Gasteiger partial charge in [-0.05, 0) is 49.2 Å². The fraction of sp³-hybridized carbons (Fsp3) is 0.200. The van der Waals surface area contributed by atoms with E-state index < -0.39 is 4.92 Å². The molecule has 0 aromatic heterocycles. The van der Waals surface area contributed by atoms with Gasteiger partial charge in [-0.3, -0.25) is 10.1 Å². The first-order valence-electron chi connectivity index (χ1n) is 6.42. The van der Waals surface area contributed by atoms with Gasteiger partial charge in [0.15, 0.2) is 0 Å². The van der Waals surface area contributed by atoms with Crippen LogP contribution in [0.15, 0.2) is 52.3 Å². The van der Waals surface area contributed by atoms with E-state index in [2.05, 4.69) is 0 Å². The maximum absolute atomic E-state index is 12.9. The molecule has 2 rings (SSSR count). The van der Waals surface area contributed by atoms with E-state index in [-0.39, 0.29) is 17.5 Å². The number of benzene rings is 2. The number of nitro benzene ring substituents is 1. The lowest BCUT2D eigenvalue weighted by molar-refractivity contribution is -0.385.